The van der Waals surface area contributed by atoms with Crippen molar-refractivity contribution in [2.24, 2.45) is 0 Å². The average Bonchev–Trinajstić information content (AvgIpc) is 3.97. The molecule has 3 heterocycles. The third-order valence-corrected chi connectivity index (χ3v) is 13.6. The lowest BCUT2D eigenvalue weighted by Crippen LogP contribution is -2.00. The molecule has 326 valence electrons. The molecule has 1 aliphatic rings. The minimum absolute atomic E-state index is 0.305. The minimum Gasteiger partial charge on any atom is -0.456 e. The van der Waals surface area contributed by atoms with Crippen molar-refractivity contribution in [1.82, 2.24) is 19.5 Å². The van der Waals surface area contributed by atoms with Crippen molar-refractivity contribution >= 4 is 43.7 Å². The second kappa shape index (κ2) is 16.7. The largest absolute Gasteiger partial charge is 0.456 e. The summed E-state index contributed by atoms with van der Waals surface area (Å²) in [4.78, 5) is 15.7. The number of furan rings is 1. The zero-order valence-electron chi connectivity index (χ0n) is 37.9. The Morgan fingerprint density at radius 3 is 1.88 bits per heavy atom. The van der Waals surface area contributed by atoms with E-state index in [4.69, 9.17) is 19.4 Å². The van der Waals surface area contributed by atoms with Gasteiger partial charge in [0.1, 0.15) is 11.2 Å². The first-order valence-electron chi connectivity index (χ1n) is 23.6. The van der Waals surface area contributed by atoms with Gasteiger partial charge in [0.05, 0.1) is 11.0 Å². The molecule has 0 N–H and O–H groups in total. The van der Waals surface area contributed by atoms with Crippen LogP contribution >= 0.6 is 0 Å². The van der Waals surface area contributed by atoms with E-state index in [1.165, 1.54) is 44.1 Å². The minimum atomic E-state index is 0.305. The number of benzene rings is 9. The van der Waals surface area contributed by atoms with Gasteiger partial charge in [-0.05, 0) is 119 Å². The molecular weight excluding hydrogens is 841 g/mol. The topological polar surface area (TPSA) is 56.7 Å². The molecule has 12 aromatic rings. The van der Waals surface area contributed by atoms with E-state index in [-0.39, 0.29) is 0 Å². The van der Waals surface area contributed by atoms with Crippen LogP contribution in [0.15, 0.2) is 235 Å². The lowest BCUT2D eigenvalue weighted by molar-refractivity contribution is 0.669. The van der Waals surface area contributed by atoms with Crippen LogP contribution in [0.1, 0.15) is 23.5 Å². The van der Waals surface area contributed by atoms with Gasteiger partial charge in [0, 0.05) is 49.8 Å². The summed E-state index contributed by atoms with van der Waals surface area (Å²) in [6.07, 6.45) is 9.82. The number of rotatable bonds is 8. The normalized spacial score (nSPS) is 13.6. The fraction of sp³-hybridized carbons (Fsp3) is 0.0469. The summed E-state index contributed by atoms with van der Waals surface area (Å²) in [5, 5.41) is 4.40. The summed E-state index contributed by atoms with van der Waals surface area (Å²) < 4.78 is 8.97. The van der Waals surface area contributed by atoms with E-state index in [1.807, 2.05) is 30.3 Å². The second-order valence-electron chi connectivity index (χ2n) is 18.0. The standard InChI is InChI=1S/C64H44N4O/c1-41-16-13-25-52(34-41)68-57-28-12-11-26-53(57)55-39-46(30-32-58(55)68)47-31-33-59-56(40-47)61-54(27-15-29-60(61)69-59)64-66-62(44-21-9-4-10-22-44)65-63(67-64)48-24-14-23-45(35-48)51-37-49(42-17-5-2-6-18-42)36-50(38-51)43-19-7-3-8-20-43/h2-19,21-40,43H,20H2,1H3. The molecule has 13 rings (SSSR count). The highest BCUT2D eigenvalue weighted by Gasteiger charge is 2.20. The average molecular weight is 885 g/mol. The Kier molecular flexibility index (Phi) is 9.79. The van der Waals surface area contributed by atoms with Gasteiger partial charge < -0.3 is 8.98 Å². The summed E-state index contributed by atoms with van der Waals surface area (Å²) in [5.74, 6) is 2.09. The Hall–Kier alpha value is -8.93. The Balaban J connectivity index is 0.943. The van der Waals surface area contributed by atoms with E-state index in [0.717, 1.165) is 73.0 Å². The zero-order chi connectivity index (χ0) is 45.8. The number of para-hydroxylation sites is 1. The van der Waals surface area contributed by atoms with Crippen molar-refractivity contribution in [1.29, 1.82) is 0 Å². The second-order valence-corrected chi connectivity index (χ2v) is 18.0. The van der Waals surface area contributed by atoms with E-state index >= 15 is 0 Å². The Morgan fingerprint density at radius 2 is 1.07 bits per heavy atom. The molecule has 0 saturated heterocycles. The molecule has 9 aromatic carbocycles. The van der Waals surface area contributed by atoms with Crippen LogP contribution in [0.25, 0.3) is 117 Å². The molecule has 0 radical (unpaired) electrons. The summed E-state index contributed by atoms with van der Waals surface area (Å²) in [7, 11) is 0. The van der Waals surface area contributed by atoms with Crippen molar-refractivity contribution < 1.29 is 4.42 Å². The number of fused-ring (bicyclic) bond motifs is 6. The van der Waals surface area contributed by atoms with Crippen LogP contribution in [0.4, 0.5) is 0 Å². The van der Waals surface area contributed by atoms with Gasteiger partial charge in [-0.25, -0.2) is 15.0 Å². The van der Waals surface area contributed by atoms with Gasteiger partial charge in [-0.2, -0.15) is 0 Å². The van der Waals surface area contributed by atoms with Crippen LogP contribution in [0.2, 0.25) is 0 Å². The monoisotopic (exact) mass is 884 g/mol. The molecule has 0 aliphatic heterocycles. The molecule has 5 heteroatoms. The first-order chi connectivity index (χ1) is 34.1. The summed E-state index contributed by atoms with van der Waals surface area (Å²) in [5.41, 5.74) is 17.2. The SMILES string of the molecule is Cc1cccc(-n2c3ccccc3c3cc(-c4ccc5oc6cccc(-c7nc(-c8ccccc8)nc(-c8cccc(-c9cc(-c%10ccccc%10)cc(C%10C=CC=CC%10)c9)c8)n7)c6c5c4)ccc32)c1. The summed E-state index contributed by atoms with van der Waals surface area (Å²) in [6, 6.07) is 73.3. The number of nitrogens with zero attached hydrogens (tertiary/aromatic N) is 4. The Morgan fingerprint density at radius 1 is 0.435 bits per heavy atom. The van der Waals surface area contributed by atoms with E-state index < -0.39 is 0 Å². The smallest absolute Gasteiger partial charge is 0.164 e. The number of allylic oxidation sites excluding steroid dienone is 4. The van der Waals surface area contributed by atoms with Crippen molar-refractivity contribution in [3.8, 4) is 73.2 Å². The van der Waals surface area contributed by atoms with Crippen LogP contribution in [0.3, 0.4) is 0 Å². The van der Waals surface area contributed by atoms with Gasteiger partial charge in [0.2, 0.25) is 0 Å². The van der Waals surface area contributed by atoms with Crippen molar-refractivity contribution in [2.75, 3.05) is 0 Å². The maximum atomic E-state index is 6.60. The third-order valence-electron chi connectivity index (χ3n) is 13.6. The fourth-order valence-corrected chi connectivity index (χ4v) is 10.2. The number of hydrogen-bond donors (Lipinski definition) is 0. The van der Waals surface area contributed by atoms with Gasteiger partial charge in [-0.1, -0.05) is 170 Å². The number of aryl methyl sites for hydroxylation is 1. The molecule has 1 atom stereocenters. The highest BCUT2D eigenvalue weighted by atomic mass is 16.3. The van der Waals surface area contributed by atoms with Gasteiger partial charge in [-0.3, -0.25) is 0 Å². The van der Waals surface area contributed by atoms with E-state index in [0.29, 0.717) is 23.4 Å². The highest BCUT2D eigenvalue weighted by molar-refractivity contribution is 6.14. The Bertz CT molecular complexity index is 4010. The highest BCUT2D eigenvalue weighted by Crippen LogP contribution is 2.41. The van der Waals surface area contributed by atoms with Crippen LogP contribution in [-0.2, 0) is 0 Å². The molecule has 0 bridgehead atoms. The third kappa shape index (κ3) is 7.32. The van der Waals surface area contributed by atoms with Crippen molar-refractivity contribution in [3.63, 3.8) is 0 Å². The molecule has 0 saturated carbocycles. The molecule has 3 aromatic heterocycles. The van der Waals surface area contributed by atoms with Crippen molar-refractivity contribution in [2.45, 2.75) is 19.3 Å². The maximum absolute atomic E-state index is 6.60. The molecule has 0 spiro atoms. The number of aromatic nitrogens is 4. The molecule has 69 heavy (non-hydrogen) atoms. The molecule has 5 nitrogen and oxygen atoms in total. The predicted octanol–water partition coefficient (Wildman–Crippen LogP) is 16.8. The summed E-state index contributed by atoms with van der Waals surface area (Å²) >= 11 is 0. The molecule has 0 amide bonds. The maximum Gasteiger partial charge on any atom is 0.164 e. The van der Waals surface area contributed by atoms with Gasteiger partial charge in [-0.15, -0.1) is 0 Å². The molecule has 1 unspecified atom stereocenters. The van der Waals surface area contributed by atoms with E-state index in [9.17, 15) is 0 Å². The van der Waals surface area contributed by atoms with Crippen LogP contribution < -0.4 is 0 Å². The quantitative estimate of drug-likeness (QED) is 0.153. The first kappa shape index (κ1) is 40.4. The molecule has 0 fully saturated rings. The van der Waals surface area contributed by atoms with Gasteiger partial charge >= 0.3 is 0 Å². The first-order valence-corrected chi connectivity index (χ1v) is 23.6. The van der Waals surface area contributed by atoms with Gasteiger partial charge in [0.25, 0.3) is 0 Å². The number of hydrogen-bond acceptors (Lipinski definition) is 4. The lowest BCUT2D eigenvalue weighted by Gasteiger charge is -2.17. The van der Waals surface area contributed by atoms with E-state index in [2.05, 4.69) is 212 Å². The lowest BCUT2D eigenvalue weighted by atomic mass is 9.87. The zero-order valence-corrected chi connectivity index (χ0v) is 37.9. The predicted molar refractivity (Wildman–Crippen MR) is 284 cm³/mol. The molecule has 1 aliphatic carbocycles. The Labute approximate surface area is 400 Å². The summed E-state index contributed by atoms with van der Waals surface area (Å²) in [6.45, 7) is 2.15. The van der Waals surface area contributed by atoms with Crippen LogP contribution in [0.5, 0.6) is 0 Å². The van der Waals surface area contributed by atoms with Crippen LogP contribution in [0, 0.1) is 6.92 Å². The van der Waals surface area contributed by atoms with Crippen molar-refractivity contribution in [3.05, 3.63) is 242 Å². The molecular formula is C64H44N4O. The van der Waals surface area contributed by atoms with Gasteiger partial charge in [0.15, 0.2) is 17.5 Å². The van der Waals surface area contributed by atoms with E-state index in [1.54, 1.807) is 0 Å². The fourth-order valence-electron chi connectivity index (χ4n) is 10.2. The van der Waals surface area contributed by atoms with Crippen LogP contribution in [-0.4, -0.2) is 19.5 Å².